The van der Waals surface area contributed by atoms with Gasteiger partial charge in [0, 0.05) is 6.61 Å². The van der Waals surface area contributed by atoms with Crippen molar-refractivity contribution in [3.05, 3.63) is 0 Å². The van der Waals surface area contributed by atoms with E-state index in [-0.39, 0.29) is 0 Å². The highest BCUT2D eigenvalue weighted by Crippen LogP contribution is 2.23. The first kappa shape index (κ1) is 7.21. The molecular weight excluding hydrogens is 136 g/mol. The summed E-state index contributed by atoms with van der Waals surface area (Å²) in [6, 6.07) is 0. The van der Waals surface area contributed by atoms with Crippen molar-refractivity contribution in [2.24, 2.45) is 0 Å². The fourth-order valence-electron chi connectivity index (χ4n) is 0.973. The number of carboxylic acid groups (broad SMARTS) is 1. The third-order valence-electron chi connectivity index (χ3n) is 1.60. The Hall–Kier alpha value is -0.900. The predicted octanol–water partition coefficient (Wildman–Crippen LogP) is -0.181. The van der Waals surface area contributed by atoms with Crippen LogP contribution >= 0.6 is 0 Å². The van der Waals surface area contributed by atoms with Crippen molar-refractivity contribution in [3.8, 4) is 0 Å². The van der Waals surface area contributed by atoms with E-state index in [9.17, 15) is 9.59 Å². The van der Waals surface area contributed by atoms with Gasteiger partial charge in [-0.05, 0) is 12.8 Å². The molecule has 56 valence electrons. The molecule has 0 spiro atoms. The molecule has 1 saturated heterocycles. The molecule has 4 nitrogen and oxygen atoms in total. The average molecular weight is 144 g/mol. The van der Waals surface area contributed by atoms with Crippen LogP contribution in [0.3, 0.4) is 0 Å². The summed E-state index contributed by atoms with van der Waals surface area (Å²) in [4.78, 5) is 20.7. The summed E-state index contributed by atoms with van der Waals surface area (Å²) in [7, 11) is 0. The third kappa shape index (κ3) is 0.903. The topological polar surface area (TPSA) is 63.6 Å². The first-order chi connectivity index (χ1) is 4.71. The van der Waals surface area contributed by atoms with Crippen LogP contribution in [0.25, 0.3) is 0 Å². The molecule has 1 aliphatic heterocycles. The number of aliphatic carboxylic acids is 1. The van der Waals surface area contributed by atoms with Crippen molar-refractivity contribution in [1.82, 2.24) is 0 Å². The molecule has 1 unspecified atom stereocenters. The summed E-state index contributed by atoms with van der Waals surface area (Å²) in [6.45, 7) is 0.366. The molecule has 1 rings (SSSR count). The summed E-state index contributed by atoms with van der Waals surface area (Å²) < 4.78 is 4.78. The average Bonchev–Trinajstić information content (AvgIpc) is 2.35. The second kappa shape index (κ2) is 2.38. The highest BCUT2D eigenvalue weighted by atomic mass is 16.5. The van der Waals surface area contributed by atoms with Gasteiger partial charge in [-0.2, -0.15) is 0 Å². The van der Waals surface area contributed by atoms with Crippen LogP contribution < -0.4 is 0 Å². The van der Waals surface area contributed by atoms with Crippen LogP contribution in [0.4, 0.5) is 0 Å². The molecule has 0 bridgehead atoms. The SMILES string of the molecule is O=CC1(C(=O)O)CCCO1. The number of ether oxygens (including phenoxy) is 1. The monoisotopic (exact) mass is 144 g/mol. The molecule has 0 aromatic rings. The Morgan fingerprint density at radius 3 is 2.60 bits per heavy atom. The molecule has 1 aliphatic rings. The molecule has 1 N–H and O–H groups in total. The van der Waals surface area contributed by atoms with E-state index < -0.39 is 11.6 Å². The Labute approximate surface area is 57.8 Å². The van der Waals surface area contributed by atoms with Gasteiger partial charge in [0.05, 0.1) is 0 Å². The maximum absolute atomic E-state index is 10.4. The summed E-state index contributed by atoms with van der Waals surface area (Å²) in [6.07, 6.45) is 1.30. The maximum Gasteiger partial charge on any atom is 0.343 e. The van der Waals surface area contributed by atoms with Crippen molar-refractivity contribution in [3.63, 3.8) is 0 Å². The molecule has 4 heteroatoms. The number of hydrogen-bond acceptors (Lipinski definition) is 3. The van der Waals surface area contributed by atoms with Crippen LogP contribution in [0.5, 0.6) is 0 Å². The molecule has 0 radical (unpaired) electrons. The summed E-state index contributed by atoms with van der Waals surface area (Å²) in [5.74, 6) is -1.18. The van der Waals surface area contributed by atoms with E-state index in [2.05, 4.69) is 0 Å². The quantitative estimate of drug-likeness (QED) is 0.431. The molecule has 1 atom stereocenters. The van der Waals surface area contributed by atoms with Gasteiger partial charge in [-0.15, -0.1) is 0 Å². The molecule has 1 heterocycles. The lowest BCUT2D eigenvalue weighted by molar-refractivity contribution is -0.161. The van der Waals surface area contributed by atoms with Gasteiger partial charge in [-0.25, -0.2) is 4.79 Å². The first-order valence-corrected chi connectivity index (χ1v) is 3.05. The van der Waals surface area contributed by atoms with Crippen molar-refractivity contribution in [2.75, 3.05) is 6.61 Å². The number of rotatable bonds is 2. The Kier molecular flexibility index (Phi) is 1.72. The van der Waals surface area contributed by atoms with Gasteiger partial charge in [0.25, 0.3) is 0 Å². The zero-order chi connectivity index (χ0) is 7.61. The van der Waals surface area contributed by atoms with Crippen molar-refractivity contribution in [1.29, 1.82) is 0 Å². The van der Waals surface area contributed by atoms with Gasteiger partial charge >= 0.3 is 5.97 Å². The first-order valence-electron chi connectivity index (χ1n) is 3.05. The van der Waals surface area contributed by atoms with E-state index in [1.165, 1.54) is 0 Å². The Morgan fingerprint density at radius 2 is 2.40 bits per heavy atom. The largest absolute Gasteiger partial charge is 0.479 e. The van der Waals surface area contributed by atoms with Crippen molar-refractivity contribution >= 4 is 12.3 Å². The van der Waals surface area contributed by atoms with Crippen LogP contribution in [0.2, 0.25) is 0 Å². The molecule has 0 saturated carbocycles. The van der Waals surface area contributed by atoms with Crippen LogP contribution in [0.1, 0.15) is 12.8 Å². The van der Waals surface area contributed by atoms with Gasteiger partial charge in [0.1, 0.15) is 0 Å². The van der Waals surface area contributed by atoms with E-state index in [4.69, 9.17) is 9.84 Å². The van der Waals surface area contributed by atoms with Gasteiger partial charge in [0.15, 0.2) is 6.29 Å². The number of carboxylic acids is 1. The fourth-order valence-corrected chi connectivity index (χ4v) is 0.973. The van der Waals surface area contributed by atoms with E-state index in [0.29, 0.717) is 25.7 Å². The Bertz CT molecular complexity index is 157. The van der Waals surface area contributed by atoms with Crippen LogP contribution in [0, 0.1) is 0 Å². The zero-order valence-corrected chi connectivity index (χ0v) is 5.37. The Morgan fingerprint density at radius 1 is 1.70 bits per heavy atom. The standard InChI is InChI=1S/C6H8O4/c7-4-6(5(8)9)2-1-3-10-6/h4H,1-3H2,(H,8,9). The highest BCUT2D eigenvalue weighted by Gasteiger charge is 2.42. The van der Waals surface area contributed by atoms with E-state index in [1.807, 2.05) is 0 Å². The molecule has 0 aromatic carbocycles. The molecular formula is C6H8O4. The predicted molar refractivity (Wildman–Crippen MR) is 31.6 cm³/mol. The second-order valence-electron chi connectivity index (χ2n) is 2.26. The lowest BCUT2D eigenvalue weighted by Gasteiger charge is -2.13. The summed E-state index contributed by atoms with van der Waals surface area (Å²) in [5.41, 5.74) is -1.53. The normalized spacial score (nSPS) is 32.0. The molecule has 0 aromatic heterocycles. The maximum atomic E-state index is 10.4. The zero-order valence-electron chi connectivity index (χ0n) is 5.37. The highest BCUT2D eigenvalue weighted by molar-refractivity contribution is 5.95. The van der Waals surface area contributed by atoms with Gasteiger partial charge in [0.2, 0.25) is 5.60 Å². The fraction of sp³-hybridized carbons (Fsp3) is 0.667. The van der Waals surface area contributed by atoms with Crippen LogP contribution in [-0.4, -0.2) is 29.6 Å². The number of hydrogen-bond donors (Lipinski definition) is 1. The van der Waals surface area contributed by atoms with Crippen molar-refractivity contribution < 1.29 is 19.4 Å². The lowest BCUT2D eigenvalue weighted by Crippen LogP contribution is -2.39. The van der Waals surface area contributed by atoms with Crippen LogP contribution in [0.15, 0.2) is 0 Å². The Balaban J connectivity index is 2.76. The van der Waals surface area contributed by atoms with Gasteiger partial charge < -0.3 is 9.84 Å². The third-order valence-corrected chi connectivity index (χ3v) is 1.60. The molecule has 10 heavy (non-hydrogen) atoms. The lowest BCUT2D eigenvalue weighted by atomic mass is 10.0. The minimum Gasteiger partial charge on any atom is -0.479 e. The number of carbonyl (C=O) groups excluding carboxylic acids is 1. The summed E-state index contributed by atoms with van der Waals surface area (Å²) >= 11 is 0. The van der Waals surface area contributed by atoms with Gasteiger partial charge in [-0.3, -0.25) is 4.79 Å². The van der Waals surface area contributed by atoms with E-state index in [1.54, 1.807) is 0 Å². The van der Waals surface area contributed by atoms with Gasteiger partial charge in [-0.1, -0.05) is 0 Å². The molecule has 0 amide bonds. The number of carbonyl (C=O) groups is 2. The van der Waals surface area contributed by atoms with E-state index in [0.717, 1.165) is 0 Å². The minimum atomic E-state index is -1.53. The minimum absolute atomic E-state index is 0.297. The van der Waals surface area contributed by atoms with E-state index >= 15 is 0 Å². The van der Waals surface area contributed by atoms with Crippen LogP contribution in [-0.2, 0) is 14.3 Å². The summed E-state index contributed by atoms with van der Waals surface area (Å²) in [5, 5.41) is 8.51. The van der Waals surface area contributed by atoms with Crippen molar-refractivity contribution in [2.45, 2.75) is 18.4 Å². The number of aldehydes is 1. The second-order valence-corrected chi connectivity index (χ2v) is 2.26. The molecule has 1 fully saturated rings. The molecule has 0 aliphatic carbocycles. The smallest absolute Gasteiger partial charge is 0.343 e.